The van der Waals surface area contributed by atoms with E-state index in [-0.39, 0.29) is 16.9 Å². The zero-order valence-corrected chi connectivity index (χ0v) is 15.0. The highest BCUT2D eigenvalue weighted by Crippen LogP contribution is 2.56. The molecule has 2 fully saturated rings. The standard InChI is InChI=1S/C20H31NO2/c1-5-15-6-7-17(22)19(23)18(15)20-9-8-13(2)12-16(20)14(3)21(4)11-10-20/h6-7,13-14,16,22-23H,5,8-12H2,1-4H3/t13?,14?,16-,20?/m0/s1. The minimum Gasteiger partial charge on any atom is -0.504 e. The first kappa shape index (κ1) is 16.6. The lowest BCUT2D eigenvalue weighted by atomic mass is 9.54. The highest BCUT2D eigenvalue weighted by atomic mass is 16.3. The molecule has 1 aromatic carbocycles. The van der Waals surface area contributed by atoms with E-state index in [0.717, 1.165) is 37.3 Å². The molecule has 2 N–H and O–H groups in total. The van der Waals surface area contributed by atoms with Crippen LogP contribution in [0.4, 0.5) is 0 Å². The van der Waals surface area contributed by atoms with Crippen molar-refractivity contribution in [3.8, 4) is 11.5 Å². The van der Waals surface area contributed by atoms with E-state index in [1.165, 1.54) is 18.4 Å². The summed E-state index contributed by atoms with van der Waals surface area (Å²) in [5.74, 6) is 1.46. The van der Waals surface area contributed by atoms with Crippen LogP contribution in [0.15, 0.2) is 12.1 Å². The molecular formula is C20H31NO2. The molecule has 1 heterocycles. The quantitative estimate of drug-likeness (QED) is 0.809. The summed E-state index contributed by atoms with van der Waals surface area (Å²) in [5, 5.41) is 20.9. The van der Waals surface area contributed by atoms with Crippen molar-refractivity contribution < 1.29 is 10.2 Å². The monoisotopic (exact) mass is 317 g/mol. The van der Waals surface area contributed by atoms with E-state index in [9.17, 15) is 10.2 Å². The number of benzene rings is 1. The molecule has 0 amide bonds. The Morgan fingerprint density at radius 1 is 1.22 bits per heavy atom. The molecule has 0 radical (unpaired) electrons. The molecule has 1 aliphatic carbocycles. The van der Waals surface area contributed by atoms with Crippen LogP contribution in [0.2, 0.25) is 0 Å². The number of hydrogen-bond donors (Lipinski definition) is 2. The molecule has 3 rings (SSSR count). The topological polar surface area (TPSA) is 43.7 Å². The Labute approximate surface area is 140 Å². The maximum absolute atomic E-state index is 10.7. The Morgan fingerprint density at radius 2 is 1.96 bits per heavy atom. The van der Waals surface area contributed by atoms with Gasteiger partial charge in [-0.2, -0.15) is 0 Å². The Hall–Kier alpha value is -1.22. The molecule has 1 aromatic rings. The fourth-order valence-electron chi connectivity index (χ4n) is 5.23. The van der Waals surface area contributed by atoms with E-state index in [2.05, 4.69) is 32.7 Å². The summed E-state index contributed by atoms with van der Waals surface area (Å²) in [4.78, 5) is 2.46. The lowest BCUT2D eigenvalue weighted by molar-refractivity contribution is 0.00587. The number of phenols is 2. The van der Waals surface area contributed by atoms with E-state index in [1.807, 2.05) is 6.07 Å². The van der Waals surface area contributed by atoms with Gasteiger partial charge in [-0.25, -0.2) is 0 Å². The van der Waals surface area contributed by atoms with Gasteiger partial charge in [0, 0.05) is 17.0 Å². The largest absolute Gasteiger partial charge is 0.504 e. The minimum atomic E-state index is 0.0204. The molecule has 3 heteroatoms. The highest BCUT2D eigenvalue weighted by molar-refractivity contribution is 5.54. The summed E-state index contributed by atoms with van der Waals surface area (Å²) in [5.41, 5.74) is 2.28. The van der Waals surface area contributed by atoms with Crippen molar-refractivity contribution in [2.24, 2.45) is 11.8 Å². The molecule has 1 aliphatic heterocycles. The van der Waals surface area contributed by atoms with Crippen LogP contribution in [0.1, 0.15) is 57.6 Å². The molecule has 2 aliphatic rings. The lowest BCUT2D eigenvalue weighted by Crippen LogP contribution is -2.56. The van der Waals surface area contributed by atoms with E-state index < -0.39 is 0 Å². The molecular weight excluding hydrogens is 286 g/mol. The predicted octanol–water partition coefficient (Wildman–Crippen LogP) is 4.06. The summed E-state index contributed by atoms with van der Waals surface area (Å²) in [6, 6.07) is 4.17. The third-order valence-corrected chi connectivity index (χ3v) is 6.76. The third-order valence-electron chi connectivity index (χ3n) is 6.76. The first-order chi connectivity index (χ1) is 10.9. The fourth-order valence-corrected chi connectivity index (χ4v) is 5.23. The number of piperidine rings is 1. The van der Waals surface area contributed by atoms with Gasteiger partial charge >= 0.3 is 0 Å². The summed E-state index contributed by atoms with van der Waals surface area (Å²) in [6.45, 7) is 7.89. The highest BCUT2D eigenvalue weighted by Gasteiger charge is 2.51. The molecule has 128 valence electrons. The van der Waals surface area contributed by atoms with Crippen molar-refractivity contribution in [1.29, 1.82) is 0 Å². The molecule has 3 nitrogen and oxygen atoms in total. The van der Waals surface area contributed by atoms with Gasteiger partial charge in [0.15, 0.2) is 11.5 Å². The zero-order chi connectivity index (χ0) is 16.8. The molecule has 0 spiro atoms. The lowest BCUT2D eigenvalue weighted by Gasteiger charge is -2.55. The molecule has 3 unspecified atom stereocenters. The van der Waals surface area contributed by atoms with Crippen molar-refractivity contribution in [3.05, 3.63) is 23.3 Å². The Kier molecular flexibility index (Phi) is 4.35. The van der Waals surface area contributed by atoms with Crippen LogP contribution >= 0.6 is 0 Å². The average Bonchev–Trinajstić information content (AvgIpc) is 2.54. The average molecular weight is 317 g/mol. The predicted molar refractivity (Wildman–Crippen MR) is 94.0 cm³/mol. The van der Waals surface area contributed by atoms with E-state index in [1.54, 1.807) is 6.07 Å². The van der Waals surface area contributed by atoms with Gasteiger partial charge in [0.25, 0.3) is 0 Å². The van der Waals surface area contributed by atoms with Gasteiger partial charge in [-0.3, -0.25) is 0 Å². The number of rotatable bonds is 2. The number of nitrogens with zero attached hydrogens (tertiary/aromatic N) is 1. The maximum atomic E-state index is 10.7. The summed E-state index contributed by atoms with van der Waals surface area (Å²) < 4.78 is 0. The normalized spacial score (nSPS) is 35.0. The molecule has 0 aromatic heterocycles. The third kappa shape index (κ3) is 2.53. The molecule has 1 saturated carbocycles. The van der Waals surface area contributed by atoms with Crippen LogP contribution in [0.5, 0.6) is 11.5 Å². The fraction of sp³-hybridized carbons (Fsp3) is 0.700. The SMILES string of the molecule is CCc1ccc(O)c(O)c1C12CCC(C)C[C@H]1C(C)N(C)CC2. The molecule has 1 saturated heterocycles. The number of aryl methyl sites for hydroxylation is 1. The first-order valence-corrected chi connectivity index (χ1v) is 9.15. The summed E-state index contributed by atoms with van der Waals surface area (Å²) >= 11 is 0. The van der Waals surface area contributed by atoms with Crippen LogP contribution in [0.3, 0.4) is 0 Å². The van der Waals surface area contributed by atoms with Crippen LogP contribution in [0, 0.1) is 11.8 Å². The number of fused-ring (bicyclic) bond motifs is 1. The molecule has 0 bridgehead atoms. The number of phenolic OH excluding ortho intramolecular Hbond substituents is 2. The van der Waals surface area contributed by atoms with Gasteiger partial charge in [0.1, 0.15) is 0 Å². The van der Waals surface area contributed by atoms with E-state index in [0.29, 0.717) is 12.0 Å². The van der Waals surface area contributed by atoms with Crippen molar-refractivity contribution >= 4 is 0 Å². The van der Waals surface area contributed by atoms with Crippen LogP contribution in [-0.4, -0.2) is 34.7 Å². The number of hydrogen-bond acceptors (Lipinski definition) is 3. The minimum absolute atomic E-state index is 0.0204. The van der Waals surface area contributed by atoms with E-state index in [4.69, 9.17) is 0 Å². The van der Waals surface area contributed by atoms with Crippen LogP contribution in [-0.2, 0) is 11.8 Å². The molecule has 4 atom stereocenters. The van der Waals surface area contributed by atoms with Gasteiger partial charge in [0.05, 0.1) is 0 Å². The summed E-state index contributed by atoms with van der Waals surface area (Å²) in [6.07, 6.45) is 5.53. The molecule has 23 heavy (non-hydrogen) atoms. The number of likely N-dealkylation sites (tertiary alicyclic amines) is 1. The Balaban J connectivity index is 2.17. The van der Waals surface area contributed by atoms with Gasteiger partial charge in [0.2, 0.25) is 0 Å². The van der Waals surface area contributed by atoms with Gasteiger partial charge in [-0.05, 0) is 76.1 Å². The van der Waals surface area contributed by atoms with Crippen molar-refractivity contribution in [2.75, 3.05) is 13.6 Å². The second kappa shape index (κ2) is 6.01. The van der Waals surface area contributed by atoms with Crippen LogP contribution < -0.4 is 0 Å². The summed E-state index contributed by atoms with van der Waals surface area (Å²) in [7, 11) is 2.22. The smallest absolute Gasteiger partial charge is 0.161 e. The Morgan fingerprint density at radius 3 is 2.65 bits per heavy atom. The first-order valence-electron chi connectivity index (χ1n) is 9.15. The van der Waals surface area contributed by atoms with Crippen LogP contribution in [0.25, 0.3) is 0 Å². The van der Waals surface area contributed by atoms with Gasteiger partial charge < -0.3 is 15.1 Å². The second-order valence-corrected chi connectivity index (χ2v) is 7.93. The Bertz CT molecular complexity index is 581. The van der Waals surface area contributed by atoms with Gasteiger partial charge in [-0.1, -0.05) is 19.9 Å². The maximum Gasteiger partial charge on any atom is 0.161 e. The van der Waals surface area contributed by atoms with Gasteiger partial charge in [-0.15, -0.1) is 0 Å². The van der Waals surface area contributed by atoms with Crippen molar-refractivity contribution in [3.63, 3.8) is 0 Å². The number of aromatic hydroxyl groups is 2. The van der Waals surface area contributed by atoms with Crippen molar-refractivity contribution in [1.82, 2.24) is 4.90 Å². The van der Waals surface area contributed by atoms with Crippen molar-refractivity contribution in [2.45, 2.75) is 64.3 Å². The second-order valence-electron chi connectivity index (χ2n) is 7.93. The van der Waals surface area contributed by atoms with E-state index >= 15 is 0 Å². The zero-order valence-electron chi connectivity index (χ0n) is 15.0.